The molecule has 0 bridgehead atoms. The van der Waals surface area contributed by atoms with Gasteiger partial charge in [-0.3, -0.25) is 4.90 Å². The summed E-state index contributed by atoms with van der Waals surface area (Å²) in [5.74, 6) is 0. The van der Waals surface area contributed by atoms with E-state index >= 15 is 0 Å². The van der Waals surface area contributed by atoms with Crippen molar-refractivity contribution < 1.29 is 9.53 Å². The van der Waals surface area contributed by atoms with Crippen LogP contribution in [0.5, 0.6) is 0 Å². The summed E-state index contributed by atoms with van der Waals surface area (Å²) in [4.78, 5) is 14.1. The lowest BCUT2D eigenvalue weighted by Gasteiger charge is -2.44. The Morgan fingerprint density at radius 3 is 2.71 bits per heavy atom. The van der Waals surface area contributed by atoms with Crippen molar-refractivity contribution >= 4 is 6.09 Å². The molecule has 4 heteroatoms. The van der Waals surface area contributed by atoms with E-state index in [2.05, 4.69) is 48.3 Å². The fourth-order valence-electron chi connectivity index (χ4n) is 3.03. The topological polar surface area (TPSA) is 41.6 Å². The van der Waals surface area contributed by atoms with E-state index in [4.69, 9.17) is 4.74 Å². The van der Waals surface area contributed by atoms with Gasteiger partial charge in [0.2, 0.25) is 0 Å². The minimum absolute atomic E-state index is 0.0415. The van der Waals surface area contributed by atoms with Crippen LogP contribution in [0.3, 0.4) is 0 Å². The fourth-order valence-corrected chi connectivity index (χ4v) is 3.03. The number of piperidine rings is 1. The van der Waals surface area contributed by atoms with Crippen molar-refractivity contribution in [2.24, 2.45) is 5.41 Å². The maximum absolute atomic E-state index is 11.6. The third kappa shape index (κ3) is 4.46. The number of hydrogen-bond donors (Lipinski definition) is 1. The standard InChI is InChI=1S/C17H26N2O2/c1-4-21-16(20)18-15-10-11-19(13-17(15,2)3)12-14-8-6-5-7-9-14/h5-9,15H,4,10-13H2,1-3H3,(H,18,20). The molecule has 1 atom stereocenters. The molecule has 1 amide bonds. The molecule has 0 aliphatic carbocycles. The molecule has 0 radical (unpaired) electrons. The third-order valence-electron chi connectivity index (χ3n) is 4.12. The maximum atomic E-state index is 11.6. The lowest BCUT2D eigenvalue weighted by Crippen LogP contribution is -2.55. The van der Waals surface area contributed by atoms with E-state index < -0.39 is 0 Å². The summed E-state index contributed by atoms with van der Waals surface area (Å²) in [5, 5.41) is 3.01. The third-order valence-corrected chi connectivity index (χ3v) is 4.12. The molecule has 1 saturated heterocycles. The Balaban J connectivity index is 1.91. The van der Waals surface area contributed by atoms with E-state index in [1.807, 2.05) is 13.0 Å². The van der Waals surface area contributed by atoms with Crippen LogP contribution in [0.15, 0.2) is 30.3 Å². The number of carbonyl (C=O) groups excluding carboxylic acids is 1. The van der Waals surface area contributed by atoms with Crippen LogP contribution in [0.25, 0.3) is 0 Å². The Kier molecular flexibility index (Phi) is 5.23. The van der Waals surface area contributed by atoms with Gasteiger partial charge < -0.3 is 10.1 Å². The Hall–Kier alpha value is -1.55. The first kappa shape index (κ1) is 15.8. The van der Waals surface area contributed by atoms with Gasteiger partial charge in [0, 0.05) is 25.7 Å². The fraction of sp³-hybridized carbons (Fsp3) is 0.588. The summed E-state index contributed by atoms with van der Waals surface area (Å²) >= 11 is 0. The molecule has 1 aromatic rings. The smallest absolute Gasteiger partial charge is 0.407 e. The summed E-state index contributed by atoms with van der Waals surface area (Å²) in [6.45, 7) is 9.60. The van der Waals surface area contributed by atoms with Crippen LogP contribution >= 0.6 is 0 Å². The highest BCUT2D eigenvalue weighted by Gasteiger charge is 2.36. The zero-order valence-corrected chi connectivity index (χ0v) is 13.3. The summed E-state index contributed by atoms with van der Waals surface area (Å²) in [6.07, 6.45) is 0.658. The molecule has 0 spiro atoms. The SMILES string of the molecule is CCOC(=O)NC1CCN(Cc2ccccc2)CC1(C)C. The highest BCUT2D eigenvalue weighted by molar-refractivity contribution is 5.67. The zero-order chi connectivity index (χ0) is 15.3. The largest absolute Gasteiger partial charge is 0.450 e. The summed E-state index contributed by atoms with van der Waals surface area (Å²) in [7, 11) is 0. The molecule has 1 fully saturated rings. The van der Waals surface area contributed by atoms with Gasteiger partial charge in [-0.15, -0.1) is 0 Å². The summed E-state index contributed by atoms with van der Waals surface area (Å²) < 4.78 is 5.00. The highest BCUT2D eigenvalue weighted by atomic mass is 16.5. The van der Waals surface area contributed by atoms with Gasteiger partial charge in [0.05, 0.1) is 6.61 Å². The van der Waals surface area contributed by atoms with Crippen LogP contribution in [-0.2, 0) is 11.3 Å². The number of hydrogen-bond acceptors (Lipinski definition) is 3. The molecule has 1 heterocycles. The van der Waals surface area contributed by atoms with E-state index in [0.29, 0.717) is 6.61 Å². The average molecular weight is 290 g/mol. The Bertz CT molecular complexity index is 459. The second kappa shape index (κ2) is 6.94. The van der Waals surface area contributed by atoms with E-state index in [9.17, 15) is 4.79 Å². The van der Waals surface area contributed by atoms with Gasteiger partial charge in [0.25, 0.3) is 0 Å². The van der Waals surface area contributed by atoms with Crippen molar-refractivity contribution in [3.63, 3.8) is 0 Å². The molecule has 1 unspecified atom stereocenters. The van der Waals surface area contributed by atoms with Crippen LogP contribution in [0.2, 0.25) is 0 Å². The van der Waals surface area contributed by atoms with Crippen molar-refractivity contribution in [2.75, 3.05) is 19.7 Å². The number of amides is 1. The van der Waals surface area contributed by atoms with Crippen LogP contribution in [0, 0.1) is 5.41 Å². The maximum Gasteiger partial charge on any atom is 0.407 e. The number of nitrogens with zero attached hydrogens (tertiary/aromatic N) is 1. The molecule has 1 aliphatic heterocycles. The lowest BCUT2D eigenvalue weighted by molar-refractivity contribution is 0.0660. The molecule has 1 aliphatic rings. The summed E-state index contributed by atoms with van der Waals surface area (Å²) in [6, 6.07) is 10.7. The van der Waals surface area contributed by atoms with Crippen LogP contribution in [0.1, 0.15) is 32.8 Å². The molecule has 116 valence electrons. The van der Waals surface area contributed by atoms with E-state index in [-0.39, 0.29) is 17.6 Å². The van der Waals surface area contributed by atoms with Crippen molar-refractivity contribution in [2.45, 2.75) is 39.8 Å². The second-order valence-corrected chi connectivity index (χ2v) is 6.39. The molecule has 1 aromatic carbocycles. The number of carbonyl (C=O) groups is 1. The van der Waals surface area contributed by atoms with Crippen molar-refractivity contribution in [3.05, 3.63) is 35.9 Å². The first-order chi connectivity index (χ1) is 10.0. The van der Waals surface area contributed by atoms with Gasteiger partial charge in [0.15, 0.2) is 0 Å². The molecule has 2 rings (SSSR count). The van der Waals surface area contributed by atoms with Crippen molar-refractivity contribution in [3.8, 4) is 0 Å². The van der Waals surface area contributed by atoms with Crippen LogP contribution in [0.4, 0.5) is 4.79 Å². The number of rotatable bonds is 4. The number of ether oxygens (including phenoxy) is 1. The molecule has 21 heavy (non-hydrogen) atoms. The van der Waals surface area contributed by atoms with Gasteiger partial charge in [0.1, 0.15) is 0 Å². The van der Waals surface area contributed by atoms with Gasteiger partial charge >= 0.3 is 6.09 Å². The number of benzene rings is 1. The number of alkyl carbamates (subject to hydrolysis) is 1. The van der Waals surface area contributed by atoms with E-state index in [1.165, 1.54) is 5.56 Å². The second-order valence-electron chi connectivity index (χ2n) is 6.39. The molecular formula is C17H26N2O2. The Labute approximate surface area is 127 Å². The van der Waals surface area contributed by atoms with Gasteiger partial charge in [-0.05, 0) is 24.3 Å². The molecule has 4 nitrogen and oxygen atoms in total. The zero-order valence-electron chi connectivity index (χ0n) is 13.3. The normalized spacial score (nSPS) is 21.8. The Morgan fingerprint density at radius 1 is 1.38 bits per heavy atom. The summed E-state index contributed by atoms with van der Waals surface area (Å²) in [5.41, 5.74) is 1.38. The molecular weight excluding hydrogens is 264 g/mol. The predicted octanol–water partition coefficient (Wildman–Crippen LogP) is 3.03. The van der Waals surface area contributed by atoms with E-state index in [0.717, 1.165) is 26.1 Å². The quantitative estimate of drug-likeness (QED) is 0.926. The average Bonchev–Trinajstić information content (AvgIpc) is 2.43. The first-order valence-corrected chi connectivity index (χ1v) is 7.71. The monoisotopic (exact) mass is 290 g/mol. The molecule has 0 aromatic heterocycles. The highest BCUT2D eigenvalue weighted by Crippen LogP contribution is 2.30. The van der Waals surface area contributed by atoms with Crippen molar-refractivity contribution in [1.82, 2.24) is 10.2 Å². The van der Waals surface area contributed by atoms with Crippen molar-refractivity contribution in [1.29, 1.82) is 0 Å². The van der Waals surface area contributed by atoms with Gasteiger partial charge in [-0.2, -0.15) is 0 Å². The first-order valence-electron chi connectivity index (χ1n) is 7.71. The minimum Gasteiger partial charge on any atom is -0.450 e. The minimum atomic E-state index is -0.299. The Morgan fingerprint density at radius 2 is 2.10 bits per heavy atom. The number of nitrogens with one attached hydrogen (secondary N) is 1. The molecule has 0 saturated carbocycles. The number of likely N-dealkylation sites (tertiary alicyclic amines) is 1. The predicted molar refractivity (Wildman–Crippen MR) is 84.1 cm³/mol. The lowest BCUT2D eigenvalue weighted by atomic mass is 9.79. The van der Waals surface area contributed by atoms with Crippen LogP contribution in [-0.4, -0.2) is 36.7 Å². The van der Waals surface area contributed by atoms with Crippen LogP contribution < -0.4 is 5.32 Å². The van der Waals surface area contributed by atoms with Gasteiger partial charge in [-0.1, -0.05) is 44.2 Å². The van der Waals surface area contributed by atoms with E-state index in [1.54, 1.807) is 0 Å². The molecule has 1 N–H and O–H groups in total. The van der Waals surface area contributed by atoms with Gasteiger partial charge in [-0.25, -0.2) is 4.79 Å².